The van der Waals surface area contributed by atoms with E-state index in [9.17, 15) is 14.7 Å². The summed E-state index contributed by atoms with van der Waals surface area (Å²) in [5.41, 5.74) is 5.17. The van der Waals surface area contributed by atoms with Gasteiger partial charge in [0.2, 0.25) is 0 Å². The molecule has 0 saturated carbocycles. The van der Waals surface area contributed by atoms with Crippen LogP contribution in [0.15, 0.2) is 65.0 Å². The summed E-state index contributed by atoms with van der Waals surface area (Å²) in [4.78, 5) is 44.0. The van der Waals surface area contributed by atoms with Crippen molar-refractivity contribution in [2.24, 2.45) is 4.99 Å². The Balaban J connectivity index is 0.00000195. The van der Waals surface area contributed by atoms with Crippen molar-refractivity contribution in [1.29, 1.82) is 0 Å². The average molecular weight is 719 g/mol. The van der Waals surface area contributed by atoms with Gasteiger partial charge in [-0.15, -0.1) is 0 Å². The topological polar surface area (TPSA) is 151 Å². The highest BCUT2D eigenvalue weighted by molar-refractivity contribution is 6.04. The zero-order valence-electron chi connectivity index (χ0n) is 30.8. The summed E-state index contributed by atoms with van der Waals surface area (Å²) >= 11 is 0. The first-order valence-corrected chi connectivity index (χ1v) is 17.2. The van der Waals surface area contributed by atoms with Crippen molar-refractivity contribution < 1.29 is 43.5 Å². The molecule has 0 aliphatic carbocycles. The van der Waals surface area contributed by atoms with Gasteiger partial charge in [-0.2, -0.15) is 0 Å². The number of unbranched alkanes of at least 4 members (excludes halogenated alkanes) is 2. The number of aliphatic hydroxyl groups excluding tert-OH is 1. The number of aliphatic hydroxyl groups is 1. The number of aliphatic imine (C=N–C) groups is 1. The first-order valence-electron chi connectivity index (χ1n) is 17.2. The number of amides is 1. The molecule has 13 nitrogen and oxygen atoms in total. The van der Waals surface area contributed by atoms with E-state index in [0.717, 1.165) is 43.1 Å². The molecule has 3 heterocycles. The van der Waals surface area contributed by atoms with Crippen molar-refractivity contribution in [1.82, 2.24) is 9.80 Å². The third-order valence-electron chi connectivity index (χ3n) is 9.02. The van der Waals surface area contributed by atoms with E-state index in [0.29, 0.717) is 71.7 Å². The highest BCUT2D eigenvalue weighted by atomic mass is 16.5. The zero-order valence-corrected chi connectivity index (χ0v) is 30.8. The molecule has 5 rings (SSSR count). The fourth-order valence-electron chi connectivity index (χ4n) is 6.58. The van der Waals surface area contributed by atoms with Gasteiger partial charge in [0, 0.05) is 43.7 Å². The van der Waals surface area contributed by atoms with Gasteiger partial charge in [-0.3, -0.25) is 19.4 Å². The number of carbonyl (C=O) groups is 3. The van der Waals surface area contributed by atoms with Gasteiger partial charge in [0.05, 0.1) is 56.5 Å². The molecule has 13 heteroatoms. The molecule has 0 spiro atoms. The number of likely N-dealkylation sites (N-methyl/N-ethyl adjacent to an activating group) is 1. The third kappa shape index (κ3) is 9.32. The molecule has 280 valence electrons. The Labute approximate surface area is 305 Å². The average Bonchev–Trinajstić information content (AvgIpc) is 3.64. The SMILES string of the molecule is C=C(C)CN(c1cc(OCCCCCOc2cc3c(cc2OC)C(=O)N2C=C(C)CC2C=N3)c(OC)cc1C=O)C(O)C1CC(C)=CN1C.O=CO. The van der Waals surface area contributed by atoms with Gasteiger partial charge in [-0.25, -0.2) is 0 Å². The standard InChI is InChI=1S/C38H48N4O7.CH2O2/c1-24(2)20-42(38(45)32-14-26(4)21-40(32)5)31-18-36(33(46-6)15-27(31)23-43)49-12-10-8-9-11-48-35-17-30-29(16-34(35)47-7)37(44)41-22-25(3)13-28(41)19-39-30;2-1-3/h15-19,21-23,28,32,38,45H,1,8-14,20H2,2-7H3;1H,(H,2,3). The summed E-state index contributed by atoms with van der Waals surface area (Å²) in [6.07, 6.45) is 9.46. The lowest BCUT2D eigenvalue weighted by Crippen LogP contribution is -2.49. The Morgan fingerprint density at radius 1 is 0.981 bits per heavy atom. The minimum atomic E-state index is -0.889. The van der Waals surface area contributed by atoms with Crippen molar-refractivity contribution >= 4 is 36.3 Å². The van der Waals surface area contributed by atoms with Gasteiger partial charge in [0.25, 0.3) is 12.4 Å². The normalized spacial score (nSPS) is 17.8. The molecule has 0 bridgehead atoms. The Hall–Kier alpha value is -5.30. The van der Waals surface area contributed by atoms with E-state index < -0.39 is 6.23 Å². The number of benzene rings is 2. The minimum Gasteiger partial charge on any atom is -0.493 e. The van der Waals surface area contributed by atoms with Crippen LogP contribution in [0, 0.1) is 0 Å². The molecule has 1 amide bonds. The summed E-state index contributed by atoms with van der Waals surface area (Å²) in [7, 11) is 5.04. The number of aldehydes is 1. The van der Waals surface area contributed by atoms with E-state index in [2.05, 4.69) is 11.6 Å². The lowest BCUT2D eigenvalue weighted by molar-refractivity contribution is -0.122. The number of rotatable bonds is 16. The van der Waals surface area contributed by atoms with E-state index in [4.69, 9.17) is 28.8 Å². The molecule has 3 unspecified atom stereocenters. The van der Waals surface area contributed by atoms with Crippen molar-refractivity contribution in [2.45, 2.75) is 71.2 Å². The van der Waals surface area contributed by atoms with Crippen molar-refractivity contribution in [3.8, 4) is 23.0 Å². The number of fused-ring (bicyclic) bond motifs is 2. The molecule has 2 N–H and O–H groups in total. The van der Waals surface area contributed by atoms with Gasteiger partial charge in [0.1, 0.15) is 6.23 Å². The summed E-state index contributed by atoms with van der Waals surface area (Å²) < 4.78 is 23.4. The monoisotopic (exact) mass is 718 g/mol. The van der Waals surface area contributed by atoms with Crippen LogP contribution in [0.4, 0.5) is 11.4 Å². The second-order valence-corrected chi connectivity index (χ2v) is 13.2. The van der Waals surface area contributed by atoms with Crippen LogP contribution in [0.3, 0.4) is 0 Å². The van der Waals surface area contributed by atoms with Crippen molar-refractivity contribution in [3.63, 3.8) is 0 Å². The van der Waals surface area contributed by atoms with Crippen LogP contribution in [0.1, 0.15) is 73.6 Å². The van der Waals surface area contributed by atoms with Gasteiger partial charge in [-0.05, 0) is 71.2 Å². The summed E-state index contributed by atoms with van der Waals surface area (Å²) in [6.45, 7) is 11.0. The summed E-state index contributed by atoms with van der Waals surface area (Å²) in [5, 5.41) is 18.4. The second kappa shape index (κ2) is 18.3. The largest absolute Gasteiger partial charge is 0.493 e. The van der Waals surface area contributed by atoms with Gasteiger partial charge in [0.15, 0.2) is 29.3 Å². The first-order chi connectivity index (χ1) is 24.9. The fourth-order valence-corrected chi connectivity index (χ4v) is 6.58. The van der Waals surface area contributed by atoms with E-state index in [-0.39, 0.29) is 24.5 Å². The second-order valence-electron chi connectivity index (χ2n) is 13.2. The number of carboxylic acid groups (broad SMARTS) is 1. The third-order valence-corrected chi connectivity index (χ3v) is 9.02. The first kappa shape index (κ1) is 39.5. The number of nitrogens with zero attached hydrogens (tertiary/aromatic N) is 4. The quantitative estimate of drug-likeness (QED) is 0.0912. The molecule has 52 heavy (non-hydrogen) atoms. The molecule has 2 aromatic rings. The molecule has 3 atom stereocenters. The van der Waals surface area contributed by atoms with E-state index >= 15 is 0 Å². The number of anilines is 1. The van der Waals surface area contributed by atoms with E-state index in [1.807, 2.05) is 56.2 Å². The molecule has 0 aromatic heterocycles. The number of ether oxygens (including phenoxy) is 4. The van der Waals surface area contributed by atoms with Crippen LogP contribution in [-0.4, -0.2) is 104 Å². The van der Waals surface area contributed by atoms with E-state index in [1.165, 1.54) is 12.7 Å². The van der Waals surface area contributed by atoms with Crippen LogP contribution < -0.4 is 23.8 Å². The maximum Gasteiger partial charge on any atom is 0.290 e. The number of hydrogen-bond acceptors (Lipinski definition) is 11. The van der Waals surface area contributed by atoms with Crippen LogP contribution in [-0.2, 0) is 4.79 Å². The van der Waals surface area contributed by atoms with Crippen LogP contribution in [0.5, 0.6) is 23.0 Å². The predicted molar refractivity (Wildman–Crippen MR) is 199 cm³/mol. The summed E-state index contributed by atoms with van der Waals surface area (Å²) in [6, 6.07) is 6.65. The maximum absolute atomic E-state index is 13.2. The summed E-state index contributed by atoms with van der Waals surface area (Å²) in [5.74, 6) is 1.86. The Morgan fingerprint density at radius 2 is 1.60 bits per heavy atom. The molecule has 0 fully saturated rings. The Kier molecular flexibility index (Phi) is 13.9. The van der Waals surface area contributed by atoms with E-state index in [1.54, 1.807) is 36.3 Å². The predicted octanol–water partition coefficient (Wildman–Crippen LogP) is 5.99. The molecular formula is C39H50N4O9. The number of carbonyl (C=O) groups excluding carboxylic acids is 2. The molecule has 0 saturated heterocycles. The fraction of sp³-hybridized carbons (Fsp3) is 0.436. The molecule has 0 radical (unpaired) electrons. The van der Waals surface area contributed by atoms with Crippen LogP contribution >= 0.6 is 0 Å². The molecule has 2 aromatic carbocycles. The Bertz CT molecular complexity index is 1720. The molecule has 3 aliphatic heterocycles. The Morgan fingerprint density at radius 3 is 2.17 bits per heavy atom. The minimum absolute atomic E-state index is 0.0744. The highest BCUT2D eigenvalue weighted by Gasteiger charge is 2.34. The van der Waals surface area contributed by atoms with Crippen LogP contribution in [0.25, 0.3) is 0 Å². The van der Waals surface area contributed by atoms with Gasteiger partial charge in [-0.1, -0.05) is 23.3 Å². The van der Waals surface area contributed by atoms with Gasteiger partial charge < -0.3 is 43.9 Å². The smallest absolute Gasteiger partial charge is 0.290 e. The molecular weight excluding hydrogens is 668 g/mol. The van der Waals surface area contributed by atoms with Crippen molar-refractivity contribution in [3.05, 3.63) is 71.1 Å². The lowest BCUT2D eigenvalue weighted by Gasteiger charge is -2.37. The highest BCUT2D eigenvalue weighted by Crippen LogP contribution is 2.39. The van der Waals surface area contributed by atoms with Crippen molar-refractivity contribution in [2.75, 3.05) is 45.9 Å². The number of methoxy groups -OCH3 is 2. The zero-order chi connectivity index (χ0) is 37.9. The van der Waals surface area contributed by atoms with Crippen LogP contribution in [0.2, 0.25) is 0 Å². The molecule has 3 aliphatic rings. The number of hydrogen-bond donors (Lipinski definition) is 2. The lowest BCUT2D eigenvalue weighted by atomic mass is 10.1. The van der Waals surface area contributed by atoms with Gasteiger partial charge >= 0.3 is 0 Å². The maximum atomic E-state index is 13.2.